The maximum Gasteiger partial charge on any atom is 0.0719 e. The largest absolute Gasteiger partial charge is 0.396 e. The maximum atomic E-state index is 5.86. The molecular formula is C10H11Cl2N3. The molecule has 0 unspecified atom stereocenters. The molecule has 2 aromatic rings. The zero-order chi connectivity index (χ0) is 9.97. The van der Waals surface area contributed by atoms with Crippen molar-refractivity contribution in [3.05, 3.63) is 47.2 Å². The first kappa shape index (κ1) is 11.9. The highest BCUT2D eigenvalue weighted by atomic mass is 35.5. The first-order valence-electron chi connectivity index (χ1n) is 4.26. The molecule has 0 saturated heterocycles. The van der Waals surface area contributed by atoms with E-state index in [1.54, 1.807) is 17.1 Å². The molecule has 5 heteroatoms. The van der Waals surface area contributed by atoms with E-state index in [-0.39, 0.29) is 12.4 Å². The van der Waals surface area contributed by atoms with Crippen molar-refractivity contribution in [1.82, 2.24) is 9.78 Å². The van der Waals surface area contributed by atoms with Gasteiger partial charge in [0.05, 0.1) is 18.4 Å². The Labute approximate surface area is 99.3 Å². The van der Waals surface area contributed by atoms with E-state index in [0.717, 1.165) is 10.6 Å². The number of nitrogens with two attached hydrogens (primary N) is 1. The number of hydrogen-bond donors (Lipinski definition) is 1. The van der Waals surface area contributed by atoms with Gasteiger partial charge in [-0.3, -0.25) is 4.68 Å². The summed E-state index contributed by atoms with van der Waals surface area (Å²) < 4.78 is 1.78. The Kier molecular flexibility index (Phi) is 4.00. The van der Waals surface area contributed by atoms with Gasteiger partial charge < -0.3 is 5.73 Å². The third kappa shape index (κ3) is 3.15. The second-order valence-electron chi connectivity index (χ2n) is 3.10. The van der Waals surface area contributed by atoms with E-state index in [1.807, 2.05) is 24.3 Å². The highest BCUT2D eigenvalue weighted by Crippen LogP contribution is 2.12. The average molecular weight is 244 g/mol. The Morgan fingerprint density at radius 3 is 2.80 bits per heavy atom. The van der Waals surface area contributed by atoms with Gasteiger partial charge in [0, 0.05) is 11.2 Å². The molecule has 1 aromatic carbocycles. The van der Waals surface area contributed by atoms with Crippen molar-refractivity contribution in [3.8, 4) is 0 Å². The summed E-state index contributed by atoms with van der Waals surface area (Å²) in [5, 5.41) is 4.83. The van der Waals surface area contributed by atoms with Gasteiger partial charge in [-0.2, -0.15) is 5.10 Å². The fraction of sp³-hybridized carbons (Fsp3) is 0.100. The number of hydrogen-bond acceptors (Lipinski definition) is 2. The minimum atomic E-state index is 0. The van der Waals surface area contributed by atoms with Crippen LogP contribution in [0.2, 0.25) is 5.02 Å². The predicted octanol–water partition coefficient (Wildman–Crippen LogP) is 2.59. The van der Waals surface area contributed by atoms with Crippen LogP contribution in [0.4, 0.5) is 5.69 Å². The minimum absolute atomic E-state index is 0. The molecule has 0 aliphatic carbocycles. The lowest BCUT2D eigenvalue weighted by Gasteiger charge is -2.01. The Hall–Kier alpha value is -1.19. The molecule has 0 saturated carbocycles. The van der Waals surface area contributed by atoms with Crippen LogP contribution < -0.4 is 5.73 Å². The van der Waals surface area contributed by atoms with E-state index < -0.39 is 0 Å². The predicted molar refractivity (Wildman–Crippen MR) is 64.4 cm³/mol. The molecule has 1 heterocycles. The van der Waals surface area contributed by atoms with Crippen LogP contribution in [0.3, 0.4) is 0 Å². The molecule has 2 rings (SSSR count). The van der Waals surface area contributed by atoms with Crippen LogP contribution in [-0.4, -0.2) is 9.78 Å². The van der Waals surface area contributed by atoms with Crippen LogP contribution >= 0.6 is 24.0 Å². The lowest BCUT2D eigenvalue weighted by atomic mass is 10.2. The van der Waals surface area contributed by atoms with Gasteiger partial charge in [0.2, 0.25) is 0 Å². The van der Waals surface area contributed by atoms with Crippen molar-refractivity contribution < 1.29 is 0 Å². The van der Waals surface area contributed by atoms with Crippen molar-refractivity contribution in [2.75, 3.05) is 5.73 Å². The minimum Gasteiger partial charge on any atom is -0.396 e. The molecule has 80 valence electrons. The number of rotatable bonds is 2. The van der Waals surface area contributed by atoms with Gasteiger partial charge in [-0.25, -0.2) is 0 Å². The zero-order valence-corrected chi connectivity index (χ0v) is 9.50. The fourth-order valence-electron chi connectivity index (χ4n) is 1.29. The zero-order valence-electron chi connectivity index (χ0n) is 7.93. The molecular weight excluding hydrogens is 233 g/mol. The van der Waals surface area contributed by atoms with Gasteiger partial charge in [-0.05, 0) is 17.7 Å². The summed E-state index contributed by atoms with van der Waals surface area (Å²) >= 11 is 5.86. The molecule has 0 aliphatic rings. The monoisotopic (exact) mass is 243 g/mol. The van der Waals surface area contributed by atoms with Crippen molar-refractivity contribution in [1.29, 1.82) is 0 Å². The van der Waals surface area contributed by atoms with Gasteiger partial charge in [0.1, 0.15) is 0 Å². The topological polar surface area (TPSA) is 43.8 Å². The summed E-state index contributed by atoms with van der Waals surface area (Å²) in [6, 6.07) is 7.69. The number of nitrogens with zero attached hydrogens (tertiary/aromatic N) is 2. The van der Waals surface area contributed by atoms with Crippen LogP contribution in [0.5, 0.6) is 0 Å². The van der Waals surface area contributed by atoms with Crippen LogP contribution in [0, 0.1) is 0 Å². The molecule has 2 N–H and O–H groups in total. The summed E-state index contributed by atoms with van der Waals surface area (Å²) in [6.07, 6.45) is 3.42. The Morgan fingerprint density at radius 2 is 2.20 bits per heavy atom. The third-order valence-electron chi connectivity index (χ3n) is 1.89. The van der Waals surface area contributed by atoms with E-state index in [4.69, 9.17) is 17.3 Å². The number of aromatic nitrogens is 2. The molecule has 0 atom stereocenters. The van der Waals surface area contributed by atoms with E-state index in [9.17, 15) is 0 Å². The lowest BCUT2D eigenvalue weighted by Crippen LogP contribution is -1.99. The normalized spacial score (nSPS) is 9.67. The lowest BCUT2D eigenvalue weighted by molar-refractivity contribution is 0.687. The highest BCUT2D eigenvalue weighted by Gasteiger charge is 1.97. The summed E-state index contributed by atoms with van der Waals surface area (Å²) in [6.45, 7) is 0.692. The van der Waals surface area contributed by atoms with E-state index in [2.05, 4.69) is 5.10 Å². The molecule has 0 amide bonds. The molecule has 0 spiro atoms. The van der Waals surface area contributed by atoms with Gasteiger partial charge in [0.15, 0.2) is 0 Å². The van der Waals surface area contributed by atoms with Gasteiger partial charge in [-0.15, -0.1) is 12.4 Å². The van der Waals surface area contributed by atoms with E-state index in [1.165, 1.54) is 0 Å². The standard InChI is InChI=1S/C10H10ClN3.ClH/c11-9-3-1-2-8(4-9)6-14-7-10(12)5-13-14;/h1-5,7H,6,12H2;1H. The SMILES string of the molecule is Cl.Nc1cnn(Cc2cccc(Cl)c2)c1. The molecule has 1 aromatic heterocycles. The van der Waals surface area contributed by atoms with E-state index >= 15 is 0 Å². The van der Waals surface area contributed by atoms with Crippen LogP contribution in [0.15, 0.2) is 36.7 Å². The summed E-state index contributed by atoms with van der Waals surface area (Å²) in [7, 11) is 0. The Balaban J connectivity index is 0.00000112. The fourth-order valence-corrected chi connectivity index (χ4v) is 1.50. The van der Waals surface area contributed by atoms with Crippen molar-refractivity contribution in [2.24, 2.45) is 0 Å². The van der Waals surface area contributed by atoms with Crippen LogP contribution in [0.1, 0.15) is 5.56 Å². The van der Waals surface area contributed by atoms with Crippen molar-refractivity contribution >= 4 is 29.7 Å². The van der Waals surface area contributed by atoms with Gasteiger partial charge >= 0.3 is 0 Å². The first-order valence-corrected chi connectivity index (χ1v) is 4.64. The highest BCUT2D eigenvalue weighted by molar-refractivity contribution is 6.30. The number of benzene rings is 1. The molecule has 0 aliphatic heterocycles. The van der Waals surface area contributed by atoms with Gasteiger partial charge in [-0.1, -0.05) is 23.7 Å². The van der Waals surface area contributed by atoms with E-state index in [0.29, 0.717) is 12.2 Å². The second kappa shape index (κ2) is 5.05. The smallest absolute Gasteiger partial charge is 0.0719 e. The summed E-state index contributed by atoms with van der Waals surface area (Å²) in [4.78, 5) is 0. The molecule has 0 radical (unpaired) electrons. The number of halogens is 2. The number of nitrogen functional groups attached to an aromatic ring is 1. The molecule has 3 nitrogen and oxygen atoms in total. The average Bonchev–Trinajstić information content (AvgIpc) is 2.51. The second-order valence-corrected chi connectivity index (χ2v) is 3.54. The maximum absolute atomic E-state index is 5.86. The summed E-state index contributed by atoms with van der Waals surface area (Å²) in [5.74, 6) is 0. The number of anilines is 1. The van der Waals surface area contributed by atoms with Crippen LogP contribution in [-0.2, 0) is 6.54 Å². The molecule has 0 bridgehead atoms. The summed E-state index contributed by atoms with van der Waals surface area (Å²) in [5.41, 5.74) is 7.34. The van der Waals surface area contributed by atoms with Crippen molar-refractivity contribution in [3.63, 3.8) is 0 Å². The molecule has 15 heavy (non-hydrogen) atoms. The van der Waals surface area contributed by atoms with Gasteiger partial charge in [0.25, 0.3) is 0 Å². The third-order valence-corrected chi connectivity index (χ3v) is 2.12. The molecule has 0 fully saturated rings. The van der Waals surface area contributed by atoms with Crippen molar-refractivity contribution in [2.45, 2.75) is 6.54 Å². The quantitative estimate of drug-likeness (QED) is 0.882. The first-order chi connectivity index (χ1) is 6.74. The Morgan fingerprint density at radius 1 is 1.40 bits per heavy atom. The van der Waals surface area contributed by atoms with Crippen LogP contribution in [0.25, 0.3) is 0 Å². The Bertz CT molecular complexity index is 440.